The third-order valence-electron chi connectivity index (χ3n) is 4.02. The molecule has 1 aliphatic carbocycles. The van der Waals surface area contributed by atoms with Crippen LogP contribution in [0.25, 0.3) is 0 Å². The van der Waals surface area contributed by atoms with E-state index in [-0.39, 0.29) is 6.04 Å². The second-order valence-corrected chi connectivity index (χ2v) is 6.58. The lowest BCUT2D eigenvalue weighted by Gasteiger charge is -2.15. The Kier molecular flexibility index (Phi) is 4.53. The van der Waals surface area contributed by atoms with Crippen LogP contribution in [0.4, 0.5) is 0 Å². The Hall–Kier alpha value is -1.43. The van der Waals surface area contributed by atoms with Gasteiger partial charge in [0.2, 0.25) is 0 Å². The van der Waals surface area contributed by atoms with Gasteiger partial charge >= 0.3 is 0 Å². The second-order valence-electron chi connectivity index (χ2n) is 5.42. The molecule has 112 valence electrons. The highest BCUT2D eigenvalue weighted by atomic mass is 32.1. The maximum Gasteiger partial charge on any atom is 0.137 e. The molecule has 0 radical (unpaired) electrons. The number of fused-ring (bicyclic) bond motifs is 1. The van der Waals surface area contributed by atoms with Crippen molar-refractivity contribution < 1.29 is 4.74 Å². The molecule has 0 spiro atoms. The Bertz CT molecular complexity index is 588. The van der Waals surface area contributed by atoms with Crippen LogP contribution in [0, 0.1) is 0 Å². The number of nitrogens with two attached hydrogens (primary N) is 1. The van der Waals surface area contributed by atoms with Gasteiger partial charge in [0.25, 0.3) is 0 Å². The van der Waals surface area contributed by atoms with Gasteiger partial charge in [0.05, 0.1) is 19.3 Å². The maximum atomic E-state index is 5.81. The molecule has 0 saturated carbocycles. The molecule has 2 heterocycles. The van der Waals surface area contributed by atoms with Crippen LogP contribution >= 0.6 is 11.3 Å². The Morgan fingerprint density at radius 1 is 1.24 bits per heavy atom. The van der Waals surface area contributed by atoms with Crippen LogP contribution in [0.3, 0.4) is 0 Å². The van der Waals surface area contributed by atoms with Crippen LogP contribution < -0.4 is 16.0 Å². The normalized spacial score (nSPS) is 16.1. The molecule has 0 fully saturated rings. The van der Waals surface area contributed by atoms with Gasteiger partial charge in [-0.15, -0.1) is 11.3 Å². The van der Waals surface area contributed by atoms with E-state index >= 15 is 0 Å². The van der Waals surface area contributed by atoms with Crippen molar-refractivity contribution in [1.82, 2.24) is 10.4 Å². The smallest absolute Gasteiger partial charge is 0.137 e. The molecule has 2 aromatic rings. The minimum Gasteiger partial charge on any atom is -0.495 e. The standard InChI is InChI=1S/C16H21N3OS/c1-20-13-7-12(9-18-10-13)16(19-17)15-8-11-5-3-2-4-6-14(11)21-15/h7-10,16,19H,2-6,17H2,1H3. The van der Waals surface area contributed by atoms with E-state index in [9.17, 15) is 0 Å². The van der Waals surface area contributed by atoms with Crippen molar-refractivity contribution in [1.29, 1.82) is 0 Å². The largest absolute Gasteiger partial charge is 0.495 e. The van der Waals surface area contributed by atoms with Crippen molar-refractivity contribution in [2.75, 3.05) is 7.11 Å². The van der Waals surface area contributed by atoms with Gasteiger partial charge in [0.15, 0.2) is 0 Å². The molecule has 1 atom stereocenters. The molecule has 3 N–H and O–H groups in total. The number of thiophene rings is 1. The molecule has 0 aliphatic heterocycles. The highest BCUT2D eigenvalue weighted by molar-refractivity contribution is 7.12. The lowest BCUT2D eigenvalue weighted by Crippen LogP contribution is -2.28. The molecule has 21 heavy (non-hydrogen) atoms. The Morgan fingerprint density at radius 2 is 2.10 bits per heavy atom. The summed E-state index contributed by atoms with van der Waals surface area (Å²) in [4.78, 5) is 7.02. The molecule has 0 amide bonds. The number of rotatable bonds is 4. The predicted octanol–water partition coefficient (Wildman–Crippen LogP) is 2.97. The molecule has 2 aromatic heterocycles. The number of aromatic nitrogens is 1. The molecule has 4 nitrogen and oxygen atoms in total. The lowest BCUT2D eigenvalue weighted by molar-refractivity contribution is 0.411. The summed E-state index contributed by atoms with van der Waals surface area (Å²) in [6, 6.07) is 4.28. The van der Waals surface area contributed by atoms with Gasteiger partial charge < -0.3 is 4.74 Å². The van der Waals surface area contributed by atoms with Crippen molar-refractivity contribution in [2.45, 2.75) is 38.1 Å². The second kappa shape index (κ2) is 6.56. The SMILES string of the molecule is COc1cncc(C(NN)c2cc3c(s2)CCCCC3)c1. The van der Waals surface area contributed by atoms with Gasteiger partial charge in [0, 0.05) is 16.0 Å². The van der Waals surface area contributed by atoms with Gasteiger partial charge in [-0.3, -0.25) is 10.8 Å². The fraction of sp³-hybridized carbons (Fsp3) is 0.438. The van der Waals surface area contributed by atoms with E-state index in [4.69, 9.17) is 10.6 Å². The van der Waals surface area contributed by atoms with Crippen LogP contribution in [0.1, 0.15) is 46.2 Å². The fourth-order valence-electron chi connectivity index (χ4n) is 2.88. The van der Waals surface area contributed by atoms with Crippen molar-refractivity contribution in [3.8, 4) is 5.75 Å². The Labute approximate surface area is 129 Å². The number of hydrogen-bond acceptors (Lipinski definition) is 5. The Morgan fingerprint density at radius 3 is 2.90 bits per heavy atom. The summed E-state index contributed by atoms with van der Waals surface area (Å²) in [5.41, 5.74) is 5.46. The minimum atomic E-state index is -0.0236. The zero-order valence-electron chi connectivity index (χ0n) is 12.3. The number of hydrogen-bond donors (Lipinski definition) is 2. The summed E-state index contributed by atoms with van der Waals surface area (Å²) in [6.07, 6.45) is 9.89. The minimum absolute atomic E-state index is 0.0236. The van der Waals surface area contributed by atoms with Crippen LogP contribution in [-0.4, -0.2) is 12.1 Å². The van der Waals surface area contributed by atoms with E-state index < -0.39 is 0 Å². The zero-order valence-corrected chi connectivity index (χ0v) is 13.1. The topological polar surface area (TPSA) is 60.2 Å². The van der Waals surface area contributed by atoms with Crippen molar-refractivity contribution in [3.63, 3.8) is 0 Å². The van der Waals surface area contributed by atoms with Crippen LogP contribution in [0.5, 0.6) is 5.75 Å². The third-order valence-corrected chi connectivity index (χ3v) is 5.32. The van der Waals surface area contributed by atoms with Gasteiger partial charge in [0.1, 0.15) is 5.75 Å². The molecule has 0 bridgehead atoms. The molecule has 0 saturated heterocycles. The maximum absolute atomic E-state index is 5.81. The monoisotopic (exact) mass is 303 g/mol. The van der Waals surface area contributed by atoms with Gasteiger partial charge in [-0.25, -0.2) is 5.43 Å². The molecule has 1 unspecified atom stereocenters. The molecule has 1 aliphatic rings. The van der Waals surface area contributed by atoms with E-state index in [0.717, 1.165) is 11.3 Å². The fourth-order valence-corrected chi connectivity index (χ4v) is 4.23. The number of ether oxygens (including phenoxy) is 1. The lowest BCUT2D eigenvalue weighted by atomic mass is 10.1. The summed E-state index contributed by atoms with van der Waals surface area (Å²) < 4.78 is 5.26. The number of aryl methyl sites for hydroxylation is 2. The first-order chi connectivity index (χ1) is 10.3. The van der Waals surface area contributed by atoms with Gasteiger partial charge in [-0.05, 0) is 48.9 Å². The summed E-state index contributed by atoms with van der Waals surface area (Å²) >= 11 is 1.88. The average Bonchev–Trinajstić information content (AvgIpc) is 2.78. The van der Waals surface area contributed by atoms with Gasteiger partial charge in [-0.2, -0.15) is 0 Å². The first-order valence-electron chi connectivity index (χ1n) is 7.38. The summed E-state index contributed by atoms with van der Waals surface area (Å²) in [6.45, 7) is 0. The summed E-state index contributed by atoms with van der Waals surface area (Å²) in [5, 5.41) is 0. The molecule has 0 aromatic carbocycles. The molecular formula is C16H21N3OS. The van der Waals surface area contributed by atoms with Crippen molar-refractivity contribution in [2.24, 2.45) is 5.84 Å². The van der Waals surface area contributed by atoms with E-state index in [0.29, 0.717) is 0 Å². The number of methoxy groups -OCH3 is 1. The van der Waals surface area contributed by atoms with Crippen LogP contribution in [-0.2, 0) is 12.8 Å². The highest BCUT2D eigenvalue weighted by Gasteiger charge is 2.19. The number of pyridine rings is 1. The first kappa shape index (κ1) is 14.5. The van der Waals surface area contributed by atoms with Gasteiger partial charge in [-0.1, -0.05) is 6.42 Å². The number of hydrazine groups is 1. The van der Waals surface area contributed by atoms with Crippen molar-refractivity contribution >= 4 is 11.3 Å². The number of nitrogens with zero attached hydrogens (tertiary/aromatic N) is 1. The van der Waals surface area contributed by atoms with E-state index in [2.05, 4.69) is 16.5 Å². The van der Waals surface area contributed by atoms with Crippen LogP contribution in [0.15, 0.2) is 24.5 Å². The molecule has 5 heteroatoms. The average molecular weight is 303 g/mol. The number of nitrogens with one attached hydrogen (secondary N) is 1. The molecule has 3 rings (SSSR count). The summed E-state index contributed by atoms with van der Waals surface area (Å²) in [7, 11) is 1.65. The highest BCUT2D eigenvalue weighted by Crippen LogP contribution is 2.34. The van der Waals surface area contributed by atoms with E-state index in [1.807, 2.05) is 23.6 Å². The third kappa shape index (κ3) is 3.10. The first-order valence-corrected chi connectivity index (χ1v) is 8.20. The quantitative estimate of drug-likeness (QED) is 0.518. The van der Waals surface area contributed by atoms with E-state index in [1.165, 1.54) is 47.4 Å². The van der Waals surface area contributed by atoms with Crippen LogP contribution in [0.2, 0.25) is 0 Å². The van der Waals surface area contributed by atoms with Crippen molar-refractivity contribution in [3.05, 3.63) is 45.4 Å². The van der Waals surface area contributed by atoms with E-state index in [1.54, 1.807) is 13.3 Å². The predicted molar refractivity (Wildman–Crippen MR) is 85.5 cm³/mol. The zero-order chi connectivity index (χ0) is 14.7. The Balaban J connectivity index is 1.92. The molecular weight excluding hydrogens is 282 g/mol. The summed E-state index contributed by atoms with van der Waals surface area (Å²) in [5.74, 6) is 6.56.